The molecule has 1 fully saturated rings. The van der Waals surface area contributed by atoms with Crippen molar-refractivity contribution in [2.24, 2.45) is 5.92 Å². The number of aromatic nitrogens is 1. The van der Waals surface area contributed by atoms with Crippen LogP contribution >= 0.6 is 0 Å². The summed E-state index contributed by atoms with van der Waals surface area (Å²) in [5.41, 5.74) is 1.66. The van der Waals surface area contributed by atoms with Gasteiger partial charge in [-0.05, 0) is 49.9 Å². The average Bonchev–Trinajstić information content (AvgIpc) is 2.90. The zero-order chi connectivity index (χ0) is 15.7. The van der Waals surface area contributed by atoms with Gasteiger partial charge in [-0.3, -0.25) is 4.79 Å². The molecule has 5 heteroatoms. The summed E-state index contributed by atoms with van der Waals surface area (Å²) in [6.45, 7) is 5.46. The molecule has 0 spiro atoms. The fourth-order valence-corrected chi connectivity index (χ4v) is 2.80. The van der Waals surface area contributed by atoms with Crippen LogP contribution in [0.15, 0.2) is 28.8 Å². The van der Waals surface area contributed by atoms with Crippen molar-refractivity contribution in [1.29, 1.82) is 0 Å². The van der Waals surface area contributed by atoms with Gasteiger partial charge in [0.05, 0.1) is 0 Å². The van der Waals surface area contributed by atoms with Crippen LogP contribution in [0.1, 0.15) is 35.9 Å². The third-order valence-corrected chi connectivity index (χ3v) is 4.27. The minimum Gasteiger partial charge on any atom is -0.360 e. The van der Waals surface area contributed by atoms with Gasteiger partial charge in [-0.2, -0.15) is 0 Å². The molecular formula is C17H19FN2O2. The molecule has 4 nitrogen and oxygen atoms in total. The molecule has 1 amide bonds. The van der Waals surface area contributed by atoms with Gasteiger partial charge in [0, 0.05) is 18.7 Å². The molecule has 2 aromatic rings. The zero-order valence-electron chi connectivity index (χ0n) is 12.8. The van der Waals surface area contributed by atoms with Gasteiger partial charge in [-0.15, -0.1) is 0 Å². The number of aryl methyl sites for hydroxylation is 1. The summed E-state index contributed by atoms with van der Waals surface area (Å²) in [6, 6.07) is 5.94. The monoisotopic (exact) mass is 302 g/mol. The summed E-state index contributed by atoms with van der Waals surface area (Å²) in [7, 11) is 0. The van der Waals surface area contributed by atoms with Gasteiger partial charge >= 0.3 is 0 Å². The Morgan fingerprint density at radius 1 is 1.27 bits per heavy atom. The van der Waals surface area contributed by atoms with E-state index in [0.29, 0.717) is 28.5 Å². The van der Waals surface area contributed by atoms with Gasteiger partial charge in [0.2, 0.25) is 0 Å². The van der Waals surface area contributed by atoms with Crippen molar-refractivity contribution in [3.05, 3.63) is 41.4 Å². The molecule has 1 saturated heterocycles. The number of likely N-dealkylation sites (tertiary alicyclic amines) is 1. The number of rotatable bonds is 2. The van der Waals surface area contributed by atoms with E-state index in [2.05, 4.69) is 12.1 Å². The normalized spacial score (nSPS) is 16.0. The summed E-state index contributed by atoms with van der Waals surface area (Å²) in [4.78, 5) is 14.7. The molecule has 116 valence electrons. The Balaban J connectivity index is 1.92. The predicted octanol–water partition coefficient (Wildman–Crippen LogP) is 3.66. The second-order valence-electron chi connectivity index (χ2n) is 5.94. The Kier molecular flexibility index (Phi) is 3.96. The Bertz CT molecular complexity index is 670. The van der Waals surface area contributed by atoms with Crippen LogP contribution in [-0.2, 0) is 0 Å². The Labute approximate surface area is 128 Å². The highest BCUT2D eigenvalue weighted by molar-refractivity contribution is 6.00. The molecule has 2 heterocycles. The third-order valence-electron chi connectivity index (χ3n) is 4.27. The number of nitrogens with zero attached hydrogens (tertiary/aromatic N) is 2. The Hall–Kier alpha value is -2.17. The predicted molar refractivity (Wildman–Crippen MR) is 80.9 cm³/mol. The molecule has 22 heavy (non-hydrogen) atoms. The van der Waals surface area contributed by atoms with E-state index in [1.807, 2.05) is 4.90 Å². The molecule has 0 unspecified atom stereocenters. The van der Waals surface area contributed by atoms with Crippen LogP contribution in [0.5, 0.6) is 0 Å². The first kappa shape index (κ1) is 14.8. The second kappa shape index (κ2) is 5.91. The Morgan fingerprint density at radius 2 is 1.91 bits per heavy atom. The van der Waals surface area contributed by atoms with Crippen LogP contribution < -0.4 is 0 Å². The fraction of sp³-hybridized carbons (Fsp3) is 0.412. The van der Waals surface area contributed by atoms with Crippen molar-refractivity contribution in [3.8, 4) is 11.3 Å². The van der Waals surface area contributed by atoms with Gasteiger partial charge in [-0.1, -0.05) is 12.1 Å². The molecule has 1 aromatic heterocycles. The maximum Gasteiger partial charge on any atom is 0.259 e. The molecule has 0 radical (unpaired) electrons. The number of benzene rings is 1. The molecule has 1 aliphatic heterocycles. The lowest BCUT2D eigenvalue weighted by Gasteiger charge is -2.30. The first-order valence-corrected chi connectivity index (χ1v) is 7.57. The van der Waals surface area contributed by atoms with E-state index in [1.165, 1.54) is 12.1 Å². The highest BCUT2D eigenvalue weighted by Gasteiger charge is 2.28. The molecule has 0 aliphatic carbocycles. The summed E-state index contributed by atoms with van der Waals surface area (Å²) < 4.78 is 18.3. The van der Waals surface area contributed by atoms with Crippen molar-refractivity contribution in [3.63, 3.8) is 0 Å². The maximum absolute atomic E-state index is 13.1. The van der Waals surface area contributed by atoms with Gasteiger partial charge < -0.3 is 9.42 Å². The summed E-state index contributed by atoms with van der Waals surface area (Å²) >= 11 is 0. The number of carbonyl (C=O) groups is 1. The van der Waals surface area contributed by atoms with Crippen LogP contribution in [0.4, 0.5) is 4.39 Å². The van der Waals surface area contributed by atoms with Crippen molar-refractivity contribution >= 4 is 5.91 Å². The van der Waals surface area contributed by atoms with Crippen LogP contribution in [0.2, 0.25) is 0 Å². The summed E-state index contributed by atoms with van der Waals surface area (Å²) in [6.07, 6.45) is 2.03. The molecule has 1 aromatic carbocycles. The van der Waals surface area contributed by atoms with Crippen LogP contribution in [0.25, 0.3) is 11.3 Å². The SMILES string of the molecule is Cc1onc(-c2ccc(F)cc2)c1C(=O)N1CCC(C)CC1. The molecule has 0 saturated carbocycles. The lowest BCUT2D eigenvalue weighted by molar-refractivity contribution is 0.0696. The second-order valence-corrected chi connectivity index (χ2v) is 5.94. The highest BCUT2D eigenvalue weighted by atomic mass is 19.1. The number of carbonyl (C=O) groups excluding carboxylic acids is 1. The number of piperidine rings is 1. The molecule has 1 aliphatic rings. The van der Waals surface area contributed by atoms with E-state index in [0.717, 1.165) is 25.9 Å². The van der Waals surface area contributed by atoms with Gasteiger partial charge in [0.1, 0.15) is 22.8 Å². The van der Waals surface area contributed by atoms with E-state index < -0.39 is 0 Å². The lowest BCUT2D eigenvalue weighted by atomic mass is 9.98. The molecule has 0 N–H and O–H groups in total. The highest BCUT2D eigenvalue weighted by Crippen LogP contribution is 2.28. The number of hydrogen-bond acceptors (Lipinski definition) is 3. The van der Waals surface area contributed by atoms with E-state index in [9.17, 15) is 9.18 Å². The van der Waals surface area contributed by atoms with E-state index >= 15 is 0 Å². The van der Waals surface area contributed by atoms with E-state index in [-0.39, 0.29) is 11.7 Å². The van der Waals surface area contributed by atoms with Crippen LogP contribution in [-0.4, -0.2) is 29.1 Å². The average molecular weight is 302 g/mol. The van der Waals surface area contributed by atoms with Crippen molar-refractivity contribution < 1.29 is 13.7 Å². The standard InChI is InChI=1S/C17H19FN2O2/c1-11-7-9-20(10-8-11)17(21)15-12(2)22-19-16(15)13-3-5-14(18)6-4-13/h3-6,11H,7-10H2,1-2H3. The van der Waals surface area contributed by atoms with Crippen LogP contribution in [0.3, 0.4) is 0 Å². The fourth-order valence-electron chi connectivity index (χ4n) is 2.80. The third kappa shape index (κ3) is 2.75. The maximum atomic E-state index is 13.1. The molecule has 3 rings (SSSR count). The smallest absolute Gasteiger partial charge is 0.259 e. The van der Waals surface area contributed by atoms with E-state index in [4.69, 9.17) is 4.52 Å². The van der Waals surface area contributed by atoms with Gasteiger partial charge in [-0.25, -0.2) is 4.39 Å². The summed E-state index contributed by atoms with van der Waals surface area (Å²) in [5.74, 6) is 0.791. The molecular weight excluding hydrogens is 283 g/mol. The van der Waals surface area contributed by atoms with E-state index in [1.54, 1.807) is 19.1 Å². The number of hydrogen-bond donors (Lipinski definition) is 0. The zero-order valence-corrected chi connectivity index (χ0v) is 12.8. The van der Waals surface area contributed by atoms with Gasteiger partial charge in [0.25, 0.3) is 5.91 Å². The minimum atomic E-state index is -0.318. The first-order valence-electron chi connectivity index (χ1n) is 7.57. The molecule has 0 bridgehead atoms. The number of amides is 1. The van der Waals surface area contributed by atoms with Gasteiger partial charge in [0.15, 0.2) is 0 Å². The molecule has 0 atom stereocenters. The number of halogens is 1. The lowest BCUT2D eigenvalue weighted by Crippen LogP contribution is -2.38. The van der Waals surface area contributed by atoms with Crippen molar-refractivity contribution in [2.45, 2.75) is 26.7 Å². The quantitative estimate of drug-likeness (QED) is 0.850. The van der Waals surface area contributed by atoms with Crippen molar-refractivity contribution in [2.75, 3.05) is 13.1 Å². The van der Waals surface area contributed by atoms with Crippen LogP contribution in [0, 0.1) is 18.7 Å². The first-order chi connectivity index (χ1) is 10.6. The largest absolute Gasteiger partial charge is 0.360 e. The summed E-state index contributed by atoms with van der Waals surface area (Å²) in [5, 5.41) is 4.00. The topological polar surface area (TPSA) is 46.3 Å². The minimum absolute atomic E-state index is 0.0509. The Morgan fingerprint density at radius 3 is 2.55 bits per heavy atom. The van der Waals surface area contributed by atoms with Crippen molar-refractivity contribution in [1.82, 2.24) is 10.1 Å².